The second-order valence-corrected chi connectivity index (χ2v) is 4.61. The van der Waals surface area contributed by atoms with Crippen LogP contribution in [0.15, 0.2) is 18.3 Å². The molecule has 5 heteroatoms. The summed E-state index contributed by atoms with van der Waals surface area (Å²) in [5.41, 5.74) is 1.37. The van der Waals surface area contributed by atoms with Gasteiger partial charge in [-0.3, -0.25) is 9.78 Å². The monoisotopic (exact) mass is 279 g/mol. The number of nitrogens with zero attached hydrogens (tertiary/aromatic N) is 2. The molecule has 1 rings (SSSR count). The Morgan fingerprint density at radius 1 is 1.40 bits per heavy atom. The fourth-order valence-electron chi connectivity index (χ4n) is 1.93. The van der Waals surface area contributed by atoms with Crippen LogP contribution in [0.3, 0.4) is 0 Å². The molecule has 0 fully saturated rings. The van der Waals surface area contributed by atoms with Gasteiger partial charge in [-0.1, -0.05) is 0 Å². The molecule has 1 aromatic heterocycles. The van der Waals surface area contributed by atoms with Crippen molar-refractivity contribution in [3.8, 4) is 0 Å². The molecule has 0 aliphatic carbocycles. The van der Waals surface area contributed by atoms with Crippen molar-refractivity contribution in [2.75, 3.05) is 31.6 Å². The van der Waals surface area contributed by atoms with E-state index in [1.165, 1.54) is 0 Å². The highest BCUT2D eigenvalue weighted by Gasteiger charge is 2.14. The van der Waals surface area contributed by atoms with Crippen LogP contribution in [0, 0.1) is 0 Å². The molecule has 1 unspecified atom stereocenters. The molecule has 1 N–H and O–H groups in total. The molecule has 0 bridgehead atoms. The summed E-state index contributed by atoms with van der Waals surface area (Å²) >= 11 is 0. The molecular formula is C15H25N3O2. The van der Waals surface area contributed by atoms with Gasteiger partial charge >= 0.3 is 0 Å². The number of aromatic nitrogens is 1. The lowest BCUT2D eigenvalue weighted by molar-refractivity contribution is 0.0767. The molecule has 0 spiro atoms. The molecule has 0 saturated carbocycles. The first-order chi connectivity index (χ1) is 9.62. The summed E-state index contributed by atoms with van der Waals surface area (Å²) < 4.78 is 5.36. The molecule has 20 heavy (non-hydrogen) atoms. The van der Waals surface area contributed by atoms with Crippen LogP contribution in [0.25, 0.3) is 0 Å². The van der Waals surface area contributed by atoms with Gasteiger partial charge in [-0.2, -0.15) is 0 Å². The predicted octanol–water partition coefficient (Wildman–Crippen LogP) is 2.40. The maximum atomic E-state index is 12.2. The van der Waals surface area contributed by atoms with Crippen LogP contribution in [0.4, 0.5) is 5.69 Å². The van der Waals surface area contributed by atoms with Gasteiger partial charge in [0.15, 0.2) is 0 Å². The van der Waals surface area contributed by atoms with Crippen molar-refractivity contribution >= 4 is 11.6 Å². The van der Waals surface area contributed by atoms with E-state index in [0.29, 0.717) is 32.0 Å². The van der Waals surface area contributed by atoms with Gasteiger partial charge in [0.05, 0.1) is 6.61 Å². The first-order valence-electron chi connectivity index (χ1n) is 7.21. The normalized spacial score (nSPS) is 12.0. The van der Waals surface area contributed by atoms with Gasteiger partial charge in [-0.05, 0) is 39.8 Å². The van der Waals surface area contributed by atoms with Crippen LogP contribution in [-0.2, 0) is 4.74 Å². The van der Waals surface area contributed by atoms with E-state index in [2.05, 4.69) is 10.3 Å². The fraction of sp³-hybridized carbons (Fsp3) is 0.600. The quantitative estimate of drug-likeness (QED) is 0.794. The topological polar surface area (TPSA) is 54.5 Å². The predicted molar refractivity (Wildman–Crippen MR) is 81.1 cm³/mol. The van der Waals surface area contributed by atoms with E-state index >= 15 is 0 Å². The molecule has 1 amide bonds. The van der Waals surface area contributed by atoms with Gasteiger partial charge in [-0.15, -0.1) is 0 Å². The zero-order valence-corrected chi connectivity index (χ0v) is 12.8. The summed E-state index contributed by atoms with van der Waals surface area (Å²) in [6, 6.07) is 3.85. The number of carbonyl (C=O) groups excluding carboxylic acids is 1. The maximum Gasteiger partial charge on any atom is 0.272 e. The number of nitrogens with one attached hydrogen (secondary N) is 1. The Morgan fingerprint density at radius 2 is 2.10 bits per heavy atom. The highest BCUT2D eigenvalue weighted by molar-refractivity contribution is 5.93. The van der Waals surface area contributed by atoms with Crippen molar-refractivity contribution in [2.45, 2.75) is 33.7 Å². The standard InChI is InChI=1S/C15H25N3O2/c1-5-18(6-2)15(19)14-10-13(8-9-16-14)17-12(4)11-20-7-3/h8-10,12H,5-7,11H2,1-4H3,(H,16,17). The average molecular weight is 279 g/mol. The van der Waals surface area contributed by atoms with Crippen LogP contribution < -0.4 is 5.32 Å². The molecule has 0 aromatic carbocycles. The minimum absolute atomic E-state index is 0.0314. The summed E-state index contributed by atoms with van der Waals surface area (Å²) in [5, 5.41) is 3.31. The Morgan fingerprint density at radius 3 is 2.70 bits per heavy atom. The van der Waals surface area contributed by atoms with Crippen molar-refractivity contribution in [1.82, 2.24) is 9.88 Å². The lowest BCUT2D eigenvalue weighted by Gasteiger charge is -2.19. The number of ether oxygens (including phenoxy) is 1. The summed E-state index contributed by atoms with van der Waals surface area (Å²) in [4.78, 5) is 18.2. The van der Waals surface area contributed by atoms with Crippen molar-refractivity contribution < 1.29 is 9.53 Å². The number of hydrogen-bond donors (Lipinski definition) is 1. The Kier molecular flexibility index (Phi) is 7.01. The summed E-state index contributed by atoms with van der Waals surface area (Å²) in [7, 11) is 0. The molecule has 0 aliphatic heterocycles. The summed E-state index contributed by atoms with van der Waals surface area (Å²) in [5.74, 6) is -0.0314. The average Bonchev–Trinajstić information content (AvgIpc) is 2.46. The third-order valence-electron chi connectivity index (χ3n) is 3.01. The minimum Gasteiger partial charge on any atom is -0.380 e. The van der Waals surface area contributed by atoms with Gasteiger partial charge in [0.25, 0.3) is 5.91 Å². The fourth-order valence-corrected chi connectivity index (χ4v) is 1.93. The van der Waals surface area contributed by atoms with Crippen LogP contribution >= 0.6 is 0 Å². The lowest BCUT2D eigenvalue weighted by Crippen LogP contribution is -2.31. The van der Waals surface area contributed by atoms with Gasteiger partial charge in [-0.25, -0.2) is 0 Å². The van der Waals surface area contributed by atoms with E-state index in [0.717, 1.165) is 5.69 Å². The Labute approximate surface area is 121 Å². The van der Waals surface area contributed by atoms with Crippen molar-refractivity contribution in [3.63, 3.8) is 0 Å². The highest BCUT2D eigenvalue weighted by Crippen LogP contribution is 2.11. The first-order valence-corrected chi connectivity index (χ1v) is 7.21. The molecule has 0 radical (unpaired) electrons. The SMILES string of the molecule is CCOCC(C)Nc1ccnc(C(=O)N(CC)CC)c1. The van der Waals surface area contributed by atoms with Crippen molar-refractivity contribution in [2.24, 2.45) is 0 Å². The number of carbonyl (C=O) groups is 1. The lowest BCUT2D eigenvalue weighted by atomic mass is 10.2. The second kappa shape index (κ2) is 8.53. The number of hydrogen-bond acceptors (Lipinski definition) is 4. The van der Waals surface area contributed by atoms with Gasteiger partial charge in [0, 0.05) is 37.6 Å². The number of pyridine rings is 1. The van der Waals surface area contributed by atoms with Crippen molar-refractivity contribution in [1.29, 1.82) is 0 Å². The first kappa shape index (κ1) is 16.4. The minimum atomic E-state index is -0.0314. The number of rotatable bonds is 8. The van der Waals surface area contributed by atoms with E-state index in [1.54, 1.807) is 17.2 Å². The van der Waals surface area contributed by atoms with Crippen molar-refractivity contribution in [3.05, 3.63) is 24.0 Å². The molecule has 5 nitrogen and oxygen atoms in total. The molecule has 112 valence electrons. The molecule has 1 heterocycles. The third kappa shape index (κ3) is 4.81. The van der Waals surface area contributed by atoms with Gasteiger partial charge in [0.1, 0.15) is 5.69 Å². The zero-order chi connectivity index (χ0) is 15.0. The Bertz CT molecular complexity index is 419. The van der Waals surface area contributed by atoms with Crippen LogP contribution in [0.5, 0.6) is 0 Å². The highest BCUT2D eigenvalue weighted by atomic mass is 16.5. The largest absolute Gasteiger partial charge is 0.380 e. The van der Waals surface area contributed by atoms with E-state index < -0.39 is 0 Å². The van der Waals surface area contributed by atoms with Gasteiger partial charge in [0.2, 0.25) is 0 Å². The Hall–Kier alpha value is -1.62. The van der Waals surface area contributed by atoms with Crippen LogP contribution in [0.1, 0.15) is 38.2 Å². The smallest absolute Gasteiger partial charge is 0.272 e. The van der Waals surface area contributed by atoms with E-state index in [-0.39, 0.29) is 11.9 Å². The van der Waals surface area contributed by atoms with Crippen LogP contribution in [0.2, 0.25) is 0 Å². The molecule has 0 saturated heterocycles. The third-order valence-corrected chi connectivity index (χ3v) is 3.01. The molecule has 0 aliphatic rings. The summed E-state index contributed by atoms with van der Waals surface area (Å²) in [6.07, 6.45) is 1.66. The summed E-state index contributed by atoms with van der Waals surface area (Å²) in [6.45, 7) is 10.7. The Balaban J connectivity index is 2.72. The van der Waals surface area contributed by atoms with E-state index in [4.69, 9.17) is 4.74 Å². The molecular weight excluding hydrogens is 254 g/mol. The molecule has 1 aromatic rings. The van der Waals surface area contributed by atoms with Crippen LogP contribution in [-0.4, -0.2) is 48.1 Å². The van der Waals surface area contributed by atoms with E-state index in [1.807, 2.05) is 33.8 Å². The zero-order valence-electron chi connectivity index (χ0n) is 12.8. The molecule has 1 atom stereocenters. The van der Waals surface area contributed by atoms with Gasteiger partial charge < -0.3 is 15.0 Å². The maximum absolute atomic E-state index is 12.2. The second-order valence-electron chi connectivity index (χ2n) is 4.61. The van der Waals surface area contributed by atoms with E-state index in [9.17, 15) is 4.79 Å². The number of anilines is 1. The number of amides is 1.